The van der Waals surface area contributed by atoms with Crippen LogP contribution in [0.4, 0.5) is 0 Å². The third kappa shape index (κ3) is 2.04. The number of carboxylic acids is 1. The number of hydrogen-bond donors (Lipinski definition) is 1. The van der Waals surface area contributed by atoms with Crippen molar-refractivity contribution >= 4 is 17.6 Å². The highest BCUT2D eigenvalue weighted by atomic mass is 35.5. The first kappa shape index (κ1) is 12.1. The van der Waals surface area contributed by atoms with Gasteiger partial charge in [0.25, 0.3) is 0 Å². The standard InChI is InChI=1S/C13H17ClN2O2/c14-9-6-12(13(17)18)16(8-9)11-3-5-15-4-1-2-10(15)7-11/h6,8,10-11H,1-5,7H2,(H,17,18). The molecule has 0 bridgehead atoms. The molecule has 2 aliphatic rings. The summed E-state index contributed by atoms with van der Waals surface area (Å²) in [6.45, 7) is 2.28. The molecule has 18 heavy (non-hydrogen) atoms. The van der Waals surface area contributed by atoms with Crippen LogP contribution < -0.4 is 0 Å². The van der Waals surface area contributed by atoms with Gasteiger partial charge in [-0.15, -0.1) is 0 Å². The summed E-state index contributed by atoms with van der Waals surface area (Å²) in [4.78, 5) is 13.7. The van der Waals surface area contributed by atoms with Crippen molar-refractivity contribution < 1.29 is 9.90 Å². The van der Waals surface area contributed by atoms with Gasteiger partial charge in [-0.1, -0.05) is 11.6 Å². The average molecular weight is 269 g/mol. The minimum atomic E-state index is -0.893. The Morgan fingerprint density at radius 3 is 2.94 bits per heavy atom. The van der Waals surface area contributed by atoms with Crippen LogP contribution in [0.25, 0.3) is 0 Å². The average Bonchev–Trinajstić information content (AvgIpc) is 2.93. The molecule has 0 aromatic carbocycles. The molecule has 0 aliphatic carbocycles. The van der Waals surface area contributed by atoms with Crippen LogP contribution in [0.3, 0.4) is 0 Å². The minimum Gasteiger partial charge on any atom is -0.477 e. The number of aromatic carboxylic acids is 1. The van der Waals surface area contributed by atoms with E-state index in [-0.39, 0.29) is 6.04 Å². The Morgan fingerprint density at radius 1 is 1.33 bits per heavy atom. The van der Waals surface area contributed by atoms with Crippen LogP contribution in [0.1, 0.15) is 42.2 Å². The third-order valence-electron chi connectivity index (χ3n) is 4.22. The van der Waals surface area contributed by atoms with E-state index in [1.165, 1.54) is 19.4 Å². The van der Waals surface area contributed by atoms with E-state index in [2.05, 4.69) is 4.90 Å². The van der Waals surface area contributed by atoms with Gasteiger partial charge in [-0.25, -0.2) is 4.79 Å². The molecule has 3 heterocycles. The maximum Gasteiger partial charge on any atom is 0.352 e. The van der Waals surface area contributed by atoms with Gasteiger partial charge in [-0.05, 0) is 38.3 Å². The Balaban J connectivity index is 1.84. The predicted octanol–water partition coefficient (Wildman–Crippen LogP) is 2.64. The molecule has 0 amide bonds. The smallest absolute Gasteiger partial charge is 0.352 e. The van der Waals surface area contributed by atoms with Gasteiger partial charge >= 0.3 is 5.97 Å². The van der Waals surface area contributed by atoms with Gasteiger partial charge in [0, 0.05) is 24.8 Å². The van der Waals surface area contributed by atoms with Crippen LogP contribution in [-0.2, 0) is 0 Å². The van der Waals surface area contributed by atoms with Crippen molar-refractivity contribution in [2.75, 3.05) is 13.1 Å². The molecule has 2 unspecified atom stereocenters. The highest BCUT2D eigenvalue weighted by molar-refractivity contribution is 6.30. The minimum absolute atomic E-state index is 0.281. The molecule has 1 aromatic heterocycles. The number of rotatable bonds is 2. The third-order valence-corrected chi connectivity index (χ3v) is 4.43. The molecule has 0 radical (unpaired) electrons. The van der Waals surface area contributed by atoms with E-state index in [0.717, 1.165) is 19.4 Å². The highest BCUT2D eigenvalue weighted by Crippen LogP contribution is 2.34. The Labute approximate surface area is 111 Å². The van der Waals surface area contributed by atoms with Crippen LogP contribution >= 0.6 is 11.6 Å². The number of hydrogen-bond acceptors (Lipinski definition) is 2. The molecular formula is C13H17ClN2O2. The number of nitrogens with zero attached hydrogens (tertiary/aromatic N) is 2. The maximum atomic E-state index is 11.2. The van der Waals surface area contributed by atoms with Gasteiger partial charge in [0.05, 0.1) is 5.02 Å². The molecule has 1 N–H and O–H groups in total. The first-order chi connectivity index (χ1) is 8.65. The van der Waals surface area contributed by atoms with Crippen molar-refractivity contribution in [3.05, 3.63) is 23.0 Å². The summed E-state index contributed by atoms with van der Waals surface area (Å²) in [5, 5.41) is 9.72. The molecule has 2 atom stereocenters. The number of halogens is 1. The van der Waals surface area contributed by atoms with Crippen molar-refractivity contribution in [3.63, 3.8) is 0 Å². The SMILES string of the molecule is O=C(O)c1cc(Cl)cn1C1CCN2CCCC2C1. The van der Waals surface area contributed by atoms with Crippen LogP contribution in [0, 0.1) is 0 Å². The van der Waals surface area contributed by atoms with E-state index in [1.807, 2.05) is 4.57 Å². The quantitative estimate of drug-likeness (QED) is 0.897. The summed E-state index contributed by atoms with van der Waals surface area (Å²) in [6, 6.07) is 2.46. The van der Waals surface area contributed by atoms with E-state index in [9.17, 15) is 9.90 Å². The van der Waals surface area contributed by atoms with Gasteiger partial charge in [-0.3, -0.25) is 0 Å². The zero-order valence-corrected chi connectivity index (χ0v) is 10.9. The van der Waals surface area contributed by atoms with Gasteiger partial charge in [0.2, 0.25) is 0 Å². The first-order valence-corrected chi connectivity index (χ1v) is 6.87. The lowest BCUT2D eigenvalue weighted by atomic mass is 9.97. The largest absolute Gasteiger partial charge is 0.477 e. The molecule has 3 rings (SSSR count). The van der Waals surface area contributed by atoms with E-state index in [0.29, 0.717) is 16.8 Å². The second kappa shape index (κ2) is 4.59. The van der Waals surface area contributed by atoms with E-state index < -0.39 is 5.97 Å². The normalized spacial score (nSPS) is 28.3. The second-order valence-electron chi connectivity index (χ2n) is 5.27. The summed E-state index contributed by atoms with van der Waals surface area (Å²) < 4.78 is 1.86. The zero-order chi connectivity index (χ0) is 12.7. The number of fused-ring (bicyclic) bond motifs is 1. The van der Waals surface area contributed by atoms with Gasteiger partial charge < -0.3 is 14.6 Å². The van der Waals surface area contributed by atoms with Crippen molar-refractivity contribution in [2.24, 2.45) is 0 Å². The highest BCUT2D eigenvalue weighted by Gasteiger charge is 2.33. The monoisotopic (exact) mass is 268 g/mol. The van der Waals surface area contributed by atoms with E-state index in [4.69, 9.17) is 11.6 Å². The molecule has 2 saturated heterocycles. The van der Waals surface area contributed by atoms with E-state index in [1.54, 1.807) is 12.3 Å². The fourth-order valence-electron chi connectivity index (χ4n) is 3.37. The summed E-state index contributed by atoms with van der Waals surface area (Å²) in [5.74, 6) is -0.893. The summed E-state index contributed by atoms with van der Waals surface area (Å²) in [6.07, 6.45) is 6.34. The lowest BCUT2D eigenvalue weighted by molar-refractivity contribution is 0.0675. The maximum absolute atomic E-state index is 11.2. The van der Waals surface area contributed by atoms with Gasteiger partial charge in [0.1, 0.15) is 5.69 Å². The van der Waals surface area contributed by atoms with Crippen molar-refractivity contribution in [1.82, 2.24) is 9.47 Å². The first-order valence-electron chi connectivity index (χ1n) is 6.50. The zero-order valence-electron chi connectivity index (χ0n) is 10.2. The topological polar surface area (TPSA) is 45.5 Å². The number of aromatic nitrogens is 1. The van der Waals surface area contributed by atoms with Gasteiger partial charge in [0.15, 0.2) is 0 Å². The second-order valence-corrected chi connectivity index (χ2v) is 5.70. The van der Waals surface area contributed by atoms with Crippen molar-refractivity contribution in [2.45, 2.75) is 37.8 Å². The van der Waals surface area contributed by atoms with Crippen molar-refractivity contribution in [1.29, 1.82) is 0 Å². The lowest BCUT2D eigenvalue weighted by Crippen LogP contribution is -2.39. The summed E-state index contributed by atoms with van der Waals surface area (Å²) in [5.41, 5.74) is 0.316. The Hall–Kier alpha value is -1.00. The molecule has 0 saturated carbocycles. The number of carbonyl (C=O) groups is 1. The molecular weight excluding hydrogens is 252 g/mol. The molecule has 4 nitrogen and oxygen atoms in total. The molecule has 2 aliphatic heterocycles. The van der Waals surface area contributed by atoms with Crippen LogP contribution in [0.15, 0.2) is 12.3 Å². The predicted molar refractivity (Wildman–Crippen MR) is 69.3 cm³/mol. The molecule has 0 spiro atoms. The van der Waals surface area contributed by atoms with Crippen LogP contribution in [0.5, 0.6) is 0 Å². The summed E-state index contributed by atoms with van der Waals surface area (Å²) in [7, 11) is 0. The van der Waals surface area contributed by atoms with Crippen LogP contribution in [-0.4, -0.2) is 39.7 Å². The van der Waals surface area contributed by atoms with Gasteiger partial charge in [-0.2, -0.15) is 0 Å². The van der Waals surface area contributed by atoms with Crippen molar-refractivity contribution in [3.8, 4) is 0 Å². The molecule has 98 valence electrons. The number of carboxylic acid groups (broad SMARTS) is 1. The fourth-order valence-corrected chi connectivity index (χ4v) is 3.58. The lowest BCUT2D eigenvalue weighted by Gasteiger charge is -2.35. The van der Waals surface area contributed by atoms with Crippen LogP contribution in [0.2, 0.25) is 5.02 Å². The Morgan fingerprint density at radius 2 is 2.17 bits per heavy atom. The van der Waals surface area contributed by atoms with E-state index >= 15 is 0 Å². The molecule has 2 fully saturated rings. The molecule has 5 heteroatoms. The number of piperidine rings is 1. The molecule has 1 aromatic rings. The summed E-state index contributed by atoms with van der Waals surface area (Å²) >= 11 is 5.95. The Bertz CT molecular complexity index is 472. The fraction of sp³-hybridized carbons (Fsp3) is 0.615. The Kier molecular flexibility index (Phi) is 3.08.